The van der Waals surface area contributed by atoms with Gasteiger partial charge < -0.3 is 16.0 Å². The highest BCUT2D eigenvalue weighted by Crippen LogP contribution is 2.27. The Balaban J connectivity index is 2.31. The molecule has 0 aromatic rings. The smallest absolute Gasteiger partial charge is 0.221 e. The van der Waals surface area contributed by atoms with Crippen molar-refractivity contribution in [2.75, 3.05) is 27.2 Å². The van der Waals surface area contributed by atoms with Gasteiger partial charge in [-0.05, 0) is 25.8 Å². The zero-order valence-corrected chi connectivity index (χ0v) is 9.83. The Morgan fingerprint density at radius 1 is 1.60 bits per heavy atom. The first-order valence-electron chi connectivity index (χ1n) is 5.78. The van der Waals surface area contributed by atoms with Crippen molar-refractivity contribution in [2.45, 2.75) is 31.7 Å². The molecule has 0 spiro atoms. The minimum atomic E-state index is 0.0749. The van der Waals surface area contributed by atoms with E-state index in [9.17, 15) is 4.79 Å². The highest BCUT2D eigenvalue weighted by atomic mass is 16.1. The number of nitrogens with zero attached hydrogens (tertiary/aromatic N) is 1. The summed E-state index contributed by atoms with van der Waals surface area (Å²) in [5, 5.41) is 2.64. The fourth-order valence-corrected chi connectivity index (χ4v) is 1.97. The Morgan fingerprint density at radius 2 is 2.27 bits per heavy atom. The molecule has 1 aliphatic carbocycles. The second-order valence-corrected chi connectivity index (χ2v) is 4.50. The van der Waals surface area contributed by atoms with Gasteiger partial charge in [0.2, 0.25) is 5.91 Å². The van der Waals surface area contributed by atoms with Crippen LogP contribution < -0.4 is 11.1 Å². The molecule has 1 amide bonds. The molecule has 1 fully saturated rings. The van der Waals surface area contributed by atoms with Crippen molar-refractivity contribution in [1.29, 1.82) is 0 Å². The molecule has 0 saturated heterocycles. The number of hydrogen-bond acceptors (Lipinski definition) is 3. The van der Waals surface area contributed by atoms with Crippen molar-refractivity contribution in [3.8, 4) is 0 Å². The quantitative estimate of drug-likeness (QED) is 0.662. The average Bonchev–Trinajstić information content (AvgIpc) is 2.19. The molecule has 0 radical (unpaired) electrons. The van der Waals surface area contributed by atoms with Crippen LogP contribution in [0.15, 0.2) is 0 Å². The standard InChI is InChI=1S/C11H23N3O/c1-13-11(15)6-10(7-12)14(2)8-9-4-3-5-9/h9-10H,3-8,12H2,1-2H3,(H,13,15). The molecule has 4 nitrogen and oxygen atoms in total. The van der Waals surface area contributed by atoms with Crippen molar-refractivity contribution in [3.63, 3.8) is 0 Å². The molecule has 15 heavy (non-hydrogen) atoms. The molecule has 1 aliphatic rings. The molecule has 3 N–H and O–H groups in total. The summed E-state index contributed by atoms with van der Waals surface area (Å²) >= 11 is 0. The number of rotatable bonds is 6. The van der Waals surface area contributed by atoms with Gasteiger partial charge in [-0.25, -0.2) is 0 Å². The van der Waals surface area contributed by atoms with Crippen molar-refractivity contribution in [3.05, 3.63) is 0 Å². The van der Waals surface area contributed by atoms with Crippen molar-refractivity contribution < 1.29 is 4.79 Å². The zero-order valence-electron chi connectivity index (χ0n) is 9.83. The second kappa shape index (κ2) is 6.08. The first-order chi connectivity index (χ1) is 7.17. The normalized spacial score (nSPS) is 18.7. The molecule has 1 saturated carbocycles. The number of nitrogens with one attached hydrogen (secondary N) is 1. The molecule has 0 bridgehead atoms. The first kappa shape index (κ1) is 12.5. The van der Waals surface area contributed by atoms with Crippen molar-refractivity contribution >= 4 is 5.91 Å². The van der Waals surface area contributed by atoms with Crippen molar-refractivity contribution in [2.24, 2.45) is 11.7 Å². The average molecular weight is 213 g/mol. The maximum atomic E-state index is 11.3. The first-order valence-corrected chi connectivity index (χ1v) is 5.78. The molecule has 1 atom stereocenters. The van der Waals surface area contributed by atoms with Crippen LogP contribution in [0.4, 0.5) is 0 Å². The predicted molar refractivity (Wildman–Crippen MR) is 61.5 cm³/mol. The van der Waals surface area contributed by atoms with Crippen LogP contribution in [0.5, 0.6) is 0 Å². The number of hydrogen-bond donors (Lipinski definition) is 2. The molecule has 0 aromatic carbocycles. The lowest BCUT2D eigenvalue weighted by Gasteiger charge is -2.34. The highest BCUT2D eigenvalue weighted by Gasteiger charge is 2.23. The van der Waals surface area contributed by atoms with Crippen LogP contribution in [0.2, 0.25) is 0 Å². The number of carbonyl (C=O) groups excluding carboxylic acids is 1. The Labute approximate surface area is 92.2 Å². The molecule has 0 aliphatic heterocycles. The van der Waals surface area contributed by atoms with Crippen LogP contribution in [-0.2, 0) is 4.79 Å². The predicted octanol–water partition coefficient (Wildman–Crippen LogP) is 0.182. The summed E-state index contributed by atoms with van der Waals surface area (Å²) in [6, 6.07) is 0.186. The fourth-order valence-electron chi connectivity index (χ4n) is 1.97. The molecular formula is C11H23N3O. The summed E-state index contributed by atoms with van der Waals surface area (Å²) in [4.78, 5) is 13.5. The Hall–Kier alpha value is -0.610. The number of nitrogens with two attached hydrogens (primary N) is 1. The molecule has 1 rings (SSSR count). The summed E-state index contributed by atoms with van der Waals surface area (Å²) in [5.41, 5.74) is 5.69. The minimum absolute atomic E-state index is 0.0749. The molecule has 88 valence electrons. The Morgan fingerprint density at radius 3 is 2.67 bits per heavy atom. The van der Waals surface area contributed by atoms with Gasteiger partial charge in [-0.1, -0.05) is 6.42 Å². The van der Waals surface area contributed by atoms with Gasteiger partial charge in [0.1, 0.15) is 0 Å². The summed E-state index contributed by atoms with van der Waals surface area (Å²) in [5.74, 6) is 0.902. The number of likely N-dealkylation sites (N-methyl/N-ethyl adjacent to an activating group) is 1. The second-order valence-electron chi connectivity index (χ2n) is 4.50. The van der Waals surface area contributed by atoms with E-state index in [4.69, 9.17) is 5.73 Å². The molecule has 1 unspecified atom stereocenters. The van der Waals surface area contributed by atoms with Crippen LogP contribution in [0.1, 0.15) is 25.7 Å². The Kier molecular flexibility index (Phi) is 5.05. The van der Waals surface area contributed by atoms with Crippen LogP contribution in [-0.4, -0.2) is 44.0 Å². The van der Waals surface area contributed by atoms with E-state index in [2.05, 4.69) is 17.3 Å². The summed E-state index contributed by atoms with van der Waals surface area (Å²) in [7, 11) is 3.74. The van der Waals surface area contributed by atoms with Crippen LogP contribution >= 0.6 is 0 Å². The van der Waals surface area contributed by atoms with Gasteiger partial charge in [0.05, 0.1) is 0 Å². The van der Waals surface area contributed by atoms with E-state index in [1.165, 1.54) is 19.3 Å². The third kappa shape index (κ3) is 3.80. The van der Waals surface area contributed by atoms with Crippen LogP contribution in [0.25, 0.3) is 0 Å². The van der Waals surface area contributed by atoms with Gasteiger partial charge in [0.15, 0.2) is 0 Å². The topological polar surface area (TPSA) is 58.4 Å². The summed E-state index contributed by atoms with van der Waals surface area (Å²) in [6.45, 7) is 1.63. The molecule has 4 heteroatoms. The van der Waals surface area contributed by atoms with Gasteiger partial charge in [-0.3, -0.25) is 4.79 Å². The maximum absolute atomic E-state index is 11.3. The third-order valence-electron chi connectivity index (χ3n) is 3.37. The third-order valence-corrected chi connectivity index (χ3v) is 3.37. The minimum Gasteiger partial charge on any atom is -0.359 e. The van der Waals surface area contributed by atoms with Gasteiger partial charge in [-0.2, -0.15) is 0 Å². The van der Waals surface area contributed by atoms with E-state index in [1.54, 1.807) is 7.05 Å². The highest BCUT2D eigenvalue weighted by molar-refractivity contribution is 5.76. The van der Waals surface area contributed by atoms with Crippen LogP contribution in [0, 0.1) is 5.92 Å². The zero-order chi connectivity index (χ0) is 11.3. The molecular weight excluding hydrogens is 190 g/mol. The largest absolute Gasteiger partial charge is 0.359 e. The van der Waals surface area contributed by atoms with Gasteiger partial charge in [-0.15, -0.1) is 0 Å². The van der Waals surface area contributed by atoms with E-state index >= 15 is 0 Å². The maximum Gasteiger partial charge on any atom is 0.221 e. The van der Waals surface area contributed by atoms with Gasteiger partial charge >= 0.3 is 0 Å². The summed E-state index contributed by atoms with van der Waals surface area (Å²) < 4.78 is 0. The fraction of sp³-hybridized carbons (Fsp3) is 0.909. The molecule has 0 aromatic heterocycles. The monoisotopic (exact) mass is 213 g/mol. The lowest BCUT2D eigenvalue weighted by atomic mass is 9.85. The van der Waals surface area contributed by atoms with E-state index in [0.717, 1.165) is 12.5 Å². The van der Waals surface area contributed by atoms with Crippen molar-refractivity contribution in [1.82, 2.24) is 10.2 Å². The van der Waals surface area contributed by atoms with E-state index in [-0.39, 0.29) is 11.9 Å². The number of amides is 1. The van der Waals surface area contributed by atoms with E-state index in [1.807, 2.05) is 0 Å². The lowest BCUT2D eigenvalue weighted by Crippen LogP contribution is -2.44. The Bertz CT molecular complexity index is 204. The van der Waals surface area contributed by atoms with E-state index in [0.29, 0.717) is 13.0 Å². The number of carbonyl (C=O) groups is 1. The SMILES string of the molecule is CNC(=O)CC(CN)N(C)CC1CCC1. The lowest BCUT2D eigenvalue weighted by molar-refractivity contribution is -0.121. The van der Waals surface area contributed by atoms with E-state index < -0.39 is 0 Å². The van der Waals surface area contributed by atoms with Crippen LogP contribution in [0.3, 0.4) is 0 Å². The van der Waals surface area contributed by atoms with Gasteiger partial charge in [0.25, 0.3) is 0 Å². The summed E-state index contributed by atoms with van der Waals surface area (Å²) in [6.07, 6.45) is 4.54. The molecule has 0 heterocycles. The van der Waals surface area contributed by atoms with Gasteiger partial charge in [0, 0.05) is 32.6 Å².